The molecule has 2 unspecified atom stereocenters. The molecule has 546 valence electrons. The third kappa shape index (κ3) is 66.7. The molecule has 5 atom stereocenters. The Balaban J connectivity index is 5.15. The number of carbonyl (C=O) groups excluding carboxylic acids is 4. The molecule has 0 aromatic heterocycles. The first kappa shape index (κ1) is 90.1. The fourth-order valence-electron chi connectivity index (χ4n) is 11.1. The van der Waals surface area contributed by atoms with Crippen molar-refractivity contribution in [1.82, 2.24) is 0 Å². The van der Waals surface area contributed by atoms with Crippen LogP contribution < -0.4 is 0 Å². The van der Waals surface area contributed by atoms with E-state index in [0.717, 1.165) is 108 Å². The maximum atomic E-state index is 13.0. The van der Waals surface area contributed by atoms with Crippen LogP contribution in [0.5, 0.6) is 0 Å². The van der Waals surface area contributed by atoms with Crippen LogP contribution in [0.15, 0.2) is 0 Å². The summed E-state index contributed by atoms with van der Waals surface area (Å²) in [6, 6.07) is 0. The van der Waals surface area contributed by atoms with Crippen LogP contribution >= 0.6 is 15.6 Å². The van der Waals surface area contributed by atoms with E-state index >= 15 is 0 Å². The second kappa shape index (κ2) is 65.0. The number of aliphatic hydroxyl groups is 1. The molecular formula is C73H142O17P2. The lowest BCUT2D eigenvalue weighted by molar-refractivity contribution is -0.161. The van der Waals surface area contributed by atoms with Crippen LogP contribution in [-0.2, 0) is 65.4 Å². The maximum absolute atomic E-state index is 13.0. The molecule has 0 saturated carbocycles. The smallest absolute Gasteiger partial charge is 0.462 e. The number of hydrogen-bond donors (Lipinski definition) is 3. The van der Waals surface area contributed by atoms with E-state index in [1.54, 1.807) is 0 Å². The molecule has 0 aliphatic heterocycles. The summed E-state index contributed by atoms with van der Waals surface area (Å²) in [5.41, 5.74) is 0. The molecule has 0 spiro atoms. The monoisotopic (exact) mass is 1350 g/mol. The molecule has 0 aromatic carbocycles. The van der Waals surface area contributed by atoms with Crippen molar-refractivity contribution in [3.63, 3.8) is 0 Å². The molecule has 0 bridgehead atoms. The van der Waals surface area contributed by atoms with Crippen LogP contribution in [0.25, 0.3) is 0 Å². The normalized spacial score (nSPS) is 14.1. The van der Waals surface area contributed by atoms with Gasteiger partial charge in [0.25, 0.3) is 0 Å². The van der Waals surface area contributed by atoms with E-state index < -0.39 is 97.5 Å². The lowest BCUT2D eigenvalue weighted by Gasteiger charge is -2.21. The Hall–Kier alpha value is -1.94. The third-order valence-corrected chi connectivity index (χ3v) is 18.9. The Labute approximate surface area is 562 Å². The summed E-state index contributed by atoms with van der Waals surface area (Å²) in [7, 11) is -9.90. The number of phosphoric ester groups is 2. The number of esters is 4. The predicted octanol–water partition coefficient (Wildman–Crippen LogP) is 21.2. The number of aliphatic hydroxyl groups excluding tert-OH is 1. The van der Waals surface area contributed by atoms with E-state index in [1.807, 2.05) is 0 Å². The minimum absolute atomic E-state index is 0.107. The largest absolute Gasteiger partial charge is 0.472 e. The van der Waals surface area contributed by atoms with E-state index in [9.17, 15) is 43.2 Å². The molecule has 17 nitrogen and oxygen atoms in total. The van der Waals surface area contributed by atoms with Gasteiger partial charge in [0.15, 0.2) is 12.2 Å². The first-order valence-corrected chi connectivity index (χ1v) is 41.0. The number of unbranched alkanes of at least 4 members (excludes halogenated alkanes) is 42. The summed E-state index contributed by atoms with van der Waals surface area (Å²) in [6.07, 6.45) is 51.7. The van der Waals surface area contributed by atoms with Crippen molar-refractivity contribution in [3.8, 4) is 0 Å². The SMILES string of the molecule is CCCCCCCCCCCCCCCC(=O)O[C@H](COC(=O)CCCCCCC)COP(=O)(O)OC[C@H](O)COP(=O)(O)OC[C@@H](COC(=O)CCCCCCCCCCCCCCCCC(C)C)OC(=O)CCCCCCCCCCCCCCCCC(C)C. The first-order chi connectivity index (χ1) is 44.4. The topological polar surface area (TPSA) is 237 Å². The second-order valence-corrected chi connectivity index (χ2v) is 30.2. The average molecular weight is 1350 g/mol. The summed E-state index contributed by atoms with van der Waals surface area (Å²) < 4.78 is 68.2. The van der Waals surface area contributed by atoms with Gasteiger partial charge in [-0.2, -0.15) is 0 Å². The lowest BCUT2D eigenvalue weighted by atomic mass is 10.0. The van der Waals surface area contributed by atoms with E-state index in [2.05, 4.69) is 41.5 Å². The molecule has 0 aliphatic rings. The van der Waals surface area contributed by atoms with Crippen LogP contribution in [-0.4, -0.2) is 96.7 Å². The highest BCUT2D eigenvalue weighted by atomic mass is 31.2. The van der Waals surface area contributed by atoms with E-state index in [-0.39, 0.29) is 25.7 Å². The van der Waals surface area contributed by atoms with Crippen LogP contribution in [0.1, 0.15) is 375 Å². The number of ether oxygens (including phenoxy) is 4. The van der Waals surface area contributed by atoms with Crippen molar-refractivity contribution in [1.29, 1.82) is 0 Å². The summed E-state index contributed by atoms with van der Waals surface area (Å²) in [5, 5.41) is 10.6. The number of hydrogen-bond acceptors (Lipinski definition) is 15. The Kier molecular flexibility index (Phi) is 63.7. The first-order valence-electron chi connectivity index (χ1n) is 38.0. The maximum Gasteiger partial charge on any atom is 0.472 e. The van der Waals surface area contributed by atoms with Gasteiger partial charge in [0.05, 0.1) is 26.4 Å². The summed E-state index contributed by atoms with van der Waals surface area (Å²) in [6.45, 7) is 9.54. The minimum atomic E-state index is -4.95. The third-order valence-electron chi connectivity index (χ3n) is 17.0. The Bertz CT molecular complexity index is 1790. The predicted molar refractivity (Wildman–Crippen MR) is 372 cm³/mol. The van der Waals surface area contributed by atoms with Crippen LogP contribution in [0.4, 0.5) is 0 Å². The molecule has 0 heterocycles. The van der Waals surface area contributed by atoms with Gasteiger partial charge in [0.2, 0.25) is 0 Å². The van der Waals surface area contributed by atoms with E-state index in [0.29, 0.717) is 25.7 Å². The van der Waals surface area contributed by atoms with E-state index in [4.69, 9.17) is 37.0 Å². The summed E-state index contributed by atoms with van der Waals surface area (Å²) >= 11 is 0. The van der Waals surface area contributed by atoms with Crippen molar-refractivity contribution in [2.24, 2.45) is 11.8 Å². The van der Waals surface area contributed by atoms with Crippen molar-refractivity contribution in [2.75, 3.05) is 39.6 Å². The highest BCUT2D eigenvalue weighted by Crippen LogP contribution is 2.45. The minimum Gasteiger partial charge on any atom is -0.462 e. The molecular weight excluding hydrogens is 1210 g/mol. The quantitative estimate of drug-likeness (QED) is 0.0222. The highest BCUT2D eigenvalue weighted by Gasteiger charge is 2.30. The molecule has 19 heteroatoms. The zero-order valence-corrected chi connectivity index (χ0v) is 61.6. The van der Waals surface area contributed by atoms with Gasteiger partial charge in [-0.25, -0.2) is 9.13 Å². The number of phosphoric acid groups is 2. The fourth-order valence-corrected chi connectivity index (χ4v) is 12.7. The highest BCUT2D eigenvalue weighted by molar-refractivity contribution is 7.47. The van der Waals surface area contributed by atoms with Gasteiger partial charge in [-0.3, -0.25) is 37.3 Å². The Morgan fingerprint density at radius 3 is 0.739 bits per heavy atom. The standard InChI is InChI=1S/C73H142O17P2/c1-7-9-11-13-14-15-16-21-29-34-39-45-51-57-72(77)89-68(61-83-70(75)55-49-41-12-10-8-2)63-87-91(79,80)85-59-67(74)60-86-92(81,82)88-64-69(90-73(78)58-52-46-40-35-30-25-20-18-23-27-32-37-43-48-54-66(5)6)62-84-71(76)56-50-44-38-33-28-24-19-17-22-26-31-36-42-47-53-65(3)4/h65-69,74H,7-64H2,1-6H3,(H,79,80)(H,81,82)/t67-,68+,69+/m0/s1. The average Bonchev–Trinajstić information content (AvgIpc) is 1.50. The van der Waals surface area contributed by atoms with Crippen molar-refractivity contribution < 1.29 is 80.2 Å². The van der Waals surface area contributed by atoms with Gasteiger partial charge in [0.1, 0.15) is 19.3 Å². The van der Waals surface area contributed by atoms with Crippen molar-refractivity contribution >= 4 is 39.5 Å². The van der Waals surface area contributed by atoms with Gasteiger partial charge in [-0.1, -0.05) is 324 Å². The molecule has 0 fully saturated rings. The second-order valence-electron chi connectivity index (χ2n) is 27.3. The molecule has 0 aromatic rings. The fraction of sp³-hybridized carbons (Fsp3) is 0.945. The molecule has 3 N–H and O–H groups in total. The Morgan fingerprint density at radius 2 is 0.500 bits per heavy atom. The zero-order valence-electron chi connectivity index (χ0n) is 59.9. The molecule has 0 radical (unpaired) electrons. The van der Waals surface area contributed by atoms with Crippen LogP contribution in [0.2, 0.25) is 0 Å². The number of carbonyl (C=O) groups is 4. The number of rotatable bonds is 72. The summed E-state index contributed by atoms with van der Waals surface area (Å²) in [4.78, 5) is 72.4. The van der Waals surface area contributed by atoms with Crippen LogP contribution in [0.3, 0.4) is 0 Å². The van der Waals surface area contributed by atoms with Gasteiger partial charge >= 0.3 is 39.5 Å². The molecule has 0 saturated heterocycles. The van der Waals surface area contributed by atoms with Gasteiger partial charge in [0, 0.05) is 25.7 Å². The van der Waals surface area contributed by atoms with Crippen LogP contribution in [0, 0.1) is 11.8 Å². The summed E-state index contributed by atoms with van der Waals surface area (Å²) in [5.74, 6) is -0.535. The van der Waals surface area contributed by atoms with Gasteiger partial charge in [-0.05, 0) is 37.5 Å². The molecule has 0 rings (SSSR count). The van der Waals surface area contributed by atoms with Gasteiger partial charge in [-0.15, -0.1) is 0 Å². The van der Waals surface area contributed by atoms with Crippen molar-refractivity contribution in [2.45, 2.75) is 394 Å². The lowest BCUT2D eigenvalue weighted by Crippen LogP contribution is -2.30. The van der Waals surface area contributed by atoms with Crippen molar-refractivity contribution in [3.05, 3.63) is 0 Å². The molecule has 0 amide bonds. The van der Waals surface area contributed by atoms with Gasteiger partial charge < -0.3 is 33.8 Å². The Morgan fingerprint density at radius 1 is 0.293 bits per heavy atom. The zero-order chi connectivity index (χ0) is 67.9. The van der Waals surface area contributed by atoms with E-state index in [1.165, 1.54) is 186 Å². The molecule has 92 heavy (non-hydrogen) atoms. The molecule has 0 aliphatic carbocycles.